The second kappa shape index (κ2) is 10.2. The van der Waals surface area contributed by atoms with E-state index in [-0.39, 0.29) is 42.1 Å². The number of phenolic OH excluding ortho intramolecular Hbond substituents is 1. The molecule has 1 amide bonds. The Hall–Kier alpha value is -3.02. The number of aromatic hydroxyl groups is 1. The van der Waals surface area contributed by atoms with Gasteiger partial charge in [0.25, 0.3) is 0 Å². The smallest absolute Gasteiger partial charge is 0.235 e. The highest BCUT2D eigenvalue weighted by molar-refractivity contribution is 6.32. The zero-order chi connectivity index (χ0) is 29.1. The monoisotopic (exact) mass is 545 g/mol. The van der Waals surface area contributed by atoms with Crippen LogP contribution in [0.2, 0.25) is 0 Å². The van der Waals surface area contributed by atoms with Crippen molar-refractivity contribution in [1.29, 1.82) is 0 Å². The number of halogens is 1. The van der Waals surface area contributed by atoms with Crippen LogP contribution in [0.15, 0.2) is 6.07 Å². The molecule has 0 aliphatic heterocycles. The van der Waals surface area contributed by atoms with Gasteiger partial charge in [0.05, 0.1) is 17.5 Å². The predicted molar refractivity (Wildman–Crippen MR) is 137 cm³/mol. The molecule has 1 aromatic rings. The van der Waals surface area contributed by atoms with Gasteiger partial charge in [0.15, 0.2) is 34.7 Å². The number of likely N-dealkylation sites (N-methyl/N-ethyl adjacent to an activating group) is 1. The SMILES string of the molecule is CCC(C)N(CC)Cc1cc(O)c2c(c1F)C[C@H]1C[C@H]3[C@H](N(C)C)C(=O)C(C(N)=O)C(=O)[C@@]3(O)C(=O)C1C2=O. The first kappa shape index (κ1) is 29.0. The maximum absolute atomic E-state index is 15.9. The van der Waals surface area contributed by atoms with Crippen LogP contribution in [0.5, 0.6) is 5.75 Å². The molecule has 0 saturated heterocycles. The summed E-state index contributed by atoms with van der Waals surface area (Å²) in [6.45, 7) is 6.83. The fourth-order valence-electron chi connectivity index (χ4n) is 6.88. The van der Waals surface area contributed by atoms with E-state index in [1.54, 1.807) is 0 Å². The van der Waals surface area contributed by atoms with E-state index in [0.717, 1.165) is 6.42 Å². The number of aliphatic hydroxyl groups is 1. The number of nitrogens with zero attached hydrogens (tertiary/aromatic N) is 2. The van der Waals surface area contributed by atoms with Gasteiger partial charge in [-0.1, -0.05) is 13.8 Å². The molecular weight excluding hydrogens is 509 g/mol. The molecule has 0 bridgehead atoms. The number of primary amides is 1. The summed E-state index contributed by atoms with van der Waals surface area (Å²) in [5.41, 5.74) is 2.38. The van der Waals surface area contributed by atoms with Gasteiger partial charge in [0, 0.05) is 29.6 Å². The van der Waals surface area contributed by atoms with Crippen LogP contribution in [0, 0.1) is 29.5 Å². The number of rotatable bonds is 7. The number of amides is 1. The van der Waals surface area contributed by atoms with Crippen LogP contribution >= 0.6 is 0 Å². The van der Waals surface area contributed by atoms with Crippen molar-refractivity contribution in [1.82, 2.24) is 9.80 Å². The van der Waals surface area contributed by atoms with Gasteiger partial charge in [-0.3, -0.25) is 33.8 Å². The highest BCUT2D eigenvalue weighted by Gasteiger charge is 2.69. The van der Waals surface area contributed by atoms with E-state index < -0.39 is 75.9 Å². The molecule has 0 spiro atoms. The summed E-state index contributed by atoms with van der Waals surface area (Å²) in [5.74, 6) is -12.3. The van der Waals surface area contributed by atoms with Crippen LogP contribution in [-0.4, -0.2) is 87.4 Å². The molecule has 7 atom stereocenters. The number of Topliss-reactive ketones (excluding diaryl/α,β-unsaturated/α-hetero) is 4. The number of hydrogen-bond acceptors (Lipinski definition) is 9. The highest BCUT2D eigenvalue weighted by atomic mass is 19.1. The summed E-state index contributed by atoms with van der Waals surface area (Å²) in [4.78, 5) is 69.4. The molecule has 212 valence electrons. The van der Waals surface area contributed by atoms with Crippen molar-refractivity contribution in [2.75, 3.05) is 20.6 Å². The average Bonchev–Trinajstić information content (AvgIpc) is 2.86. The molecule has 10 nitrogen and oxygen atoms in total. The lowest BCUT2D eigenvalue weighted by Gasteiger charge is -2.52. The standard InChI is InChI=1S/C28H36FN3O7/c1-6-12(3)32(7-2)11-14-10-17(33)19-15(21(14)29)8-13-9-16-22(31(4)5)24(35)20(27(30)38)26(37)28(16,39)25(36)18(13)23(19)34/h10,12-13,16,18,20,22,33,39H,6-9,11H2,1-5H3,(H2,30,38)/t12?,13-,16-,18?,20?,22-,28-/m0/s1. The molecule has 2 saturated carbocycles. The summed E-state index contributed by atoms with van der Waals surface area (Å²) in [5, 5.41) is 22.4. The first-order valence-corrected chi connectivity index (χ1v) is 13.3. The fourth-order valence-corrected chi connectivity index (χ4v) is 6.88. The van der Waals surface area contributed by atoms with Gasteiger partial charge < -0.3 is 15.9 Å². The van der Waals surface area contributed by atoms with Gasteiger partial charge in [-0.05, 0) is 58.8 Å². The summed E-state index contributed by atoms with van der Waals surface area (Å²) in [6.07, 6.45) is 0.610. The maximum Gasteiger partial charge on any atom is 0.235 e. The second-order valence-electron chi connectivity index (χ2n) is 11.3. The molecule has 3 unspecified atom stereocenters. The van der Waals surface area contributed by atoms with Gasteiger partial charge in [-0.15, -0.1) is 0 Å². The average molecular weight is 546 g/mol. The van der Waals surface area contributed by atoms with Crippen LogP contribution in [0.3, 0.4) is 0 Å². The molecule has 39 heavy (non-hydrogen) atoms. The lowest BCUT2D eigenvalue weighted by Crippen LogP contribution is -2.74. The molecule has 3 aliphatic rings. The number of hydrogen-bond donors (Lipinski definition) is 3. The summed E-state index contributed by atoms with van der Waals surface area (Å²) < 4.78 is 15.9. The van der Waals surface area contributed by atoms with Gasteiger partial charge in [0.2, 0.25) is 5.91 Å². The third-order valence-corrected chi connectivity index (χ3v) is 9.06. The van der Waals surface area contributed by atoms with E-state index in [4.69, 9.17) is 5.73 Å². The van der Waals surface area contributed by atoms with E-state index in [9.17, 15) is 34.2 Å². The number of carbonyl (C=O) groups excluding carboxylic acids is 5. The number of benzene rings is 1. The van der Waals surface area contributed by atoms with Gasteiger partial charge in [0.1, 0.15) is 11.6 Å². The van der Waals surface area contributed by atoms with Crippen LogP contribution in [0.4, 0.5) is 4.39 Å². The Morgan fingerprint density at radius 3 is 2.38 bits per heavy atom. The van der Waals surface area contributed by atoms with E-state index >= 15 is 4.39 Å². The molecule has 4 rings (SSSR count). The maximum atomic E-state index is 15.9. The van der Waals surface area contributed by atoms with Crippen molar-refractivity contribution in [3.63, 3.8) is 0 Å². The Morgan fingerprint density at radius 2 is 1.85 bits per heavy atom. The molecule has 0 radical (unpaired) electrons. The van der Waals surface area contributed by atoms with Crippen LogP contribution in [0.1, 0.15) is 55.1 Å². The second-order valence-corrected chi connectivity index (χ2v) is 11.3. The predicted octanol–water partition coefficient (Wildman–Crippen LogP) is 0.627. The Kier molecular flexibility index (Phi) is 7.57. The Labute approximate surface area is 226 Å². The third kappa shape index (κ3) is 4.22. The number of nitrogens with two attached hydrogens (primary N) is 1. The first-order valence-electron chi connectivity index (χ1n) is 13.3. The number of phenols is 1. The van der Waals surface area contributed by atoms with E-state index in [0.29, 0.717) is 6.54 Å². The summed E-state index contributed by atoms with van der Waals surface area (Å²) in [7, 11) is 3.02. The molecule has 11 heteroatoms. The van der Waals surface area contributed by atoms with E-state index in [1.807, 2.05) is 25.7 Å². The van der Waals surface area contributed by atoms with Crippen LogP contribution < -0.4 is 5.73 Å². The van der Waals surface area contributed by atoms with E-state index in [1.165, 1.54) is 25.1 Å². The largest absolute Gasteiger partial charge is 0.507 e. The summed E-state index contributed by atoms with van der Waals surface area (Å²) >= 11 is 0. The van der Waals surface area contributed by atoms with Crippen molar-refractivity contribution in [2.24, 2.45) is 29.4 Å². The van der Waals surface area contributed by atoms with Crippen molar-refractivity contribution < 1.29 is 38.6 Å². The normalized spacial score (nSPS) is 31.3. The third-order valence-electron chi connectivity index (χ3n) is 9.06. The molecule has 0 heterocycles. The molecule has 4 N–H and O–H groups in total. The lowest BCUT2D eigenvalue weighted by molar-refractivity contribution is -0.181. The minimum atomic E-state index is -2.80. The van der Waals surface area contributed by atoms with Crippen molar-refractivity contribution in [3.05, 3.63) is 28.6 Å². The molecule has 2 fully saturated rings. The molecule has 1 aromatic carbocycles. The quantitative estimate of drug-likeness (QED) is 0.418. The van der Waals surface area contributed by atoms with Gasteiger partial charge >= 0.3 is 0 Å². The van der Waals surface area contributed by atoms with Crippen LogP contribution in [0.25, 0.3) is 0 Å². The van der Waals surface area contributed by atoms with Crippen molar-refractivity contribution in [3.8, 4) is 5.75 Å². The Bertz CT molecular complexity index is 1260. The van der Waals surface area contributed by atoms with E-state index in [2.05, 4.69) is 0 Å². The zero-order valence-electron chi connectivity index (χ0n) is 22.9. The van der Waals surface area contributed by atoms with Crippen LogP contribution in [-0.2, 0) is 32.1 Å². The lowest BCUT2D eigenvalue weighted by atomic mass is 9.52. The Balaban J connectivity index is 1.81. The molecule has 3 aliphatic carbocycles. The first-order chi connectivity index (χ1) is 18.2. The zero-order valence-corrected chi connectivity index (χ0v) is 22.9. The van der Waals surface area contributed by atoms with Crippen molar-refractivity contribution >= 4 is 29.0 Å². The minimum Gasteiger partial charge on any atom is -0.507 e. The molecular formula is C28H36FN3O7. The number of carbonyl (C=O) groups is 5. The topological polar surface area (TPSA) is 158 Å². The number of fused-ring (bicyclic) bond motifs is 3. The van der Waals surface area contributed by atoms with Gasteiger partial charge in [-0.25, -0.2) is 4.39 Å². The van der Waals surface area contributed by atoms with Crippen molar-refractivity contribution in [2.45, 2.75) is 64.3 Å². The fraction of sp³-hybridized carbons (Fsp3) is 0.607. The Morgan fingerprint density at radius 1 is 1.21 bits per heavy atom. The molecule has 0 aromatic heterocycles. The number of ketones is 4. The minimum absolute atomic E-state index is 0.0143. The van der Waals surface area contributed by atoms with Gasteiger partial charge in [-0.2, -0.15) is 0 Å². The highest BCUT2D eigenvalue weighted by Crippen LogP contribution is 2.51. The summed E-state index contributed by atoms with van der Waals surface area (Å²) in [6, 6.07) is 0.142.